The molecule has 0 heterocycles. The second kappa shape index (κ2) is 9.57. The van der Waals surface area contributed by atoms with Gasteiger partial charge in [-0.3, -0.25) is 0 Å². The van der Waals surface area contributed by atoms with Gasteiger partial charge in [0.2, 0.25) is 0 Å². The maximum atomic E-state index is 8.88. The van der Waals surface area contributed by atoms with Crippen molar-refractivity contribution in [3.05, 3.63) is 0 Å². The average Bonchev–Trinajstić information content (AvgIpc) is 0.722. The standard InChI is InChI=1S/Ca.Mg.H3O4P.H3P.4H/c;;1-5(2,3)4;;;;;/h;;(H3,1,2,3,4);1H3;;;;. The predicted molar refractivity (Wildman–Crippen MR) is 42.5 cm³/mol. The van der Waals surface area contributed by atoms with Crippen LogP contribution in [-0.2, 0) is 4.57 Å². The van der Waals surface area contributed by atoms with Crippen molar-refractivity contribution in [3.63, 3.8) is 0 Å². The quantitative estimate of drug-likeness (QED) is 0.294. The van der Waals surface area contributed by atoms with Gasteiger partial charge in [-0.25, -0.2) is 4.57 Å². The molecule has 0 spiro atoms. The van der Waals surface area contributed by atoms with Crippen LogP contribution in [0.25, 0.3) is 0 Å². The molecular formula is H10CaMgO4P2. The van der Waals surface area contributed by atoms with Crippen molar-refractivity contribution in [1.82, 2.24) is 0 Å². The smallest absolute Gasteiger partial charge is 0.316 e. The fourth-order valence-corrected chi connectivity index (χ4v) is 0. The molecule has 3 N–H and O–H groups in total. The normalized spacial score (nSPS) is 7.38. The molecule has 0 aromatic carbocycles. The van der Waals surface area contributed by atoms with Gasteiger partial charge in [0.1, 0.15) is 0 Å². The van der Waals surface area contributed by atoms with E-state index in [0.29, 0.717) is 0 Å². The predicted octanol–water partition coefficient (Wildman–Crippen LogP) is -2.70. The Labute approximate surface area is 96.4 Å². The zero-order valence-electron chi connectivity index (χ0n) is 2.90. The van der Waals surface area contributed by atoms with Gasteiger partial charge in [-0.1, -0.05) is 0 Å². The summed E-state index contributed by atoms with van der Waals surface area (Å²) in [5.41, 5.74) is 0. The fraction of sp³-hybridized carbons (Fsp3) is 0. The molecule has 0 bridgehead atoms. The average molecular weight is 200 g/mol. The monoisotopic (exact) mass is 200 g/mol. The molecule has 0 saturated carbocycles. The van der Waals surface area contributed by atoms with Crippen LogP contribution in [0.5, 0.6) is 0 Å². The molecule has 4 nitrogen and oxygen atoms in total. The van der Waals surface area contributed by atoms with E-state index in [2.05, 4.69) is 0 Å². The van der Waals surface area contributed by atoms with Crippen molar-refractivity contribution < 1.29 is 19.2 Å². The fourth-order valence-electron chi connectivity index (χ4n) is 0. The van der Waals surface area contributed by atoms with Gasteiger partial charge in [0.25, 0.3) is 0 Å². The van der Waals surface area contributed by atoms with Gasteiger partial charge in [-0.15, -0.1) is 0 Å². The third-order valence-corrected chi connectivity index (χ3v) is 0. The van der Waals surface area contributed by atoms with Crippen molar-refractivity contribution in [3.8, 4) is 0 Å². The SMILES string of the molecule is O=P(O)(O)O.P.[CaH2].[MgH2]. The van der Waals surface area contributed by atoms with Crippen LogP contribution in [0.1, 0.15) is 0 Å². The summed E-state index contributed by atoms with van der Waals surface area (Å²) in [5, 5.41) is 0. The van der Waals surface area contributed by atoms with E-state index in [1.54, 1.807) is 0 Å². The van der Waals surface area contributed by atoms with E-state index in [1.807, 2.05) is 0 Å². The molecule has 0 aliphatic rings. The second-order valence-corrected chi connectivity index (χ2v) is 1.54. The molecule has 0 radical (unpaired) electrons. The minimum absolute atomic E-state index is 0. The van der Waals surface area contributed by atoms with Gasteiger partial charge in [-0.05, 0) is 0 Å². The molecule has 1 atom stereocenters. The van der Waals surface area contributed by atoms with Crippen LogP contribution in [0, 0.1) is 0 Å². The molecule has 48 valence electrons. The van der Waals surface area contributed by atoms with Gasteiger partial charge >= 0.3 is 68.6 Å². The Morgan fingerprint density at radius 1 is 1.12 bits per heavy atom. The summed E-state index contributed by atoms with van der Waals surface area (Å²) in [6.07, 6.45) is 0. The van der Waals surface area contributed by atoms with E-state index in [9.17, 15) is 0 Å². The van der Waals surface area contributed by atoms with E-state index >= 15 is 0 Å². The first-order chi connectivity index (χ1) is 2.00. The second-order valence-electron chi connectivity index (χ2n) is 0.513. The third kappa shape index (κ3) is 74.5. The summed E-state index contributed by atoms with van der Waals surface area (Å²) in [4.78, 5) is 21.6. The zero-order chi connectivity index (χ0) is 4.50. The van der Waals surface area contributed by atoms with E-state index in [4.69, 9.17) is 19.2 Å². The Morgan fingerprint density at radius 3 is 1.12 bits per heavy atom. The first kappa shape index (κ1) is 22.4. The molecule has 0 fully saturated rings. The third-order valence-electron chi connectivity index (χ3n) is 0. The molecule has 0 aliphatic heterocycles. The van der Waals surface area contributed by atoms with Gasteiger partial charge in [0, 0.05) is 0 Å². The Balaban J connectivity index is -0.0000000267. The van der Waals surface area contributed by atoms with Crippen LogP contribution in [0.15, 0.2) is 0 Å². The maximum Gasteiger partial charge on any atom is 0.316 e. The molecule has 8 heteroatoms. The maximum absolute atomic E-state index is 8.88. The molecule has 0 aromatic heterocycles. The molecule has 8 heavy (non-hydrogen) atoms. The van der Waals surface area contributed by atoms with Crippen LogP contribution in [0.2, 0.25) is 0 Å². The Hall–Kier alpha value is 2.57. The summed E-state index contributed by atoms with van der Waals surface area (Å²) in [6.45, 7) is 0. The van der Waals surface area contributed by atoms with Gasteiger partial charge < -0.3 is 14.7 Å². The summed E-state index contributed by atoms with van der Waals surface area (Å²) in [5.74, 6) is 0. The summed E-state index contributed by atoms with van der Waals surface area (Å²) in [6, 6.07) is 0. The zero-order valence-corrected chi connectivity index (χ0v) is 5.21. The largest absolute Gasteiger partial charge is 0.316 e. The Kier molecular flexibility index (Phi) is 26.8. The van der Waals surface area contributed by atoms with Gasteiger partial charge in [-0.2, -0.15) is 9.90 Å². The Bertz CT molecular complexity index is 60.2. The van der Waals surface area contributed by atoms with E-state index < -0.39 is 7.82 Å². The van der Waals surface area contributed by atoms with Crippen molar-refractivity contribution >= 4 is 78.5 Å². The van der Waals surface area contributed by atoms with Crippen LogP contribution in [0.3, 0.4) is 0 Å². The molecule has 0 aliphatic carbocycles. The van der Waals surface area contributed by atoms with Crippen LogP contribution < -0.4 is 0 Å². The molecular weight excluding hydrogens is 190 g/mol. The van der Waals surface area contributed by atoms with Crippen LogP contribution >= 0.6 is 17.7 Å². The molecule has 0 saturated heterocycles. The molecule has 0 amide bonds. The number of hydrogen-bond donors (Lipinski definition) is 3. The summed E-state index contributed by atoms with van der Waals surface area (Å²) < 4.78 is 8.88. The van der Waals surface area contributed by atoms with Gasteiger partial charge in [0.15, 0.2) is 0 Å². The van der Waals surface area contributed by atoms with Crippen molar-refractivity contribution in [2.45, 2.75) is 0 Å². The summed E-state index contributed by atoms with van der Waals surface area (Å²) >= 11 is 0. The van der Waals surface area contributed by atoms with E-state index in [1.165, 1.54) is 0 Å². The molecule has 1 unspecified atom stereocenters. The molecule has 0 rings (SSSR count). The van der Waals surface area contributed by atoms with Crippen LogP contribution in [-0.4, -0.2) is 75.5 Å². The molecule has 0 aromatic rings. The number of phosphoric acid groups is 1. The number of hydrogen-bond acceptors (Lipinski definition) is 1. The topological polar surface area (TPSA) is 77.8 Å². The van der Waals surface area contributed by atoms with E-state index in [0.717, 1.165) is 0 Å². The van der Waals surface area contributed by atoms with Crippen LogP contribution in [0.4, 0.5) is 0 Å². The van der Waals surface area contributed by atoms with E-state index in [-0.39, 0.29) is 70.7 Å². The van der Waals surface area contributed by atoms with Crippen molar-refractivity contribution in [2.24, 2.45) is 0 Å². The van der Waals surface area contributed by atoms with Gasteiger partial charge in [0.05, 0.1) is 0 Å². The minimum Gasteiger partial charge on any atom is 0.316 e. The Morgan fingerprint density at radius 2 is 1.12 bits per heavy atom. The first-order valence-corrected chi connectivity index (χ1v) is 2.35. The minimum atomic E-state index is -4.64. The van der Waals surface area contributed by atoms with Crippen molar-refractivity contribution in [1.29, 1.82) is 0 Å². The first-order valence-electron chi connectivity index (χ1n) is 0.783. The number of rotatable bonds is 0. The van der Waals surface area contributed by atoms with Crippen molar-refractivity contribution in [2.75, 3.05) is 0 Å². The summed E-state index contributed by atoms with van der Waals surface area (Å²) in [7, 11) is -4.64.